The monoisotopic (exact) mass is 280 g/mol. The van der Waals surface area contributed by atoms with Gasteiger partial charge in [-0.1, -0.05) is 19.1 Å². The summed E-state index contributed by atoms with van der Waals surface area (Å²) >= 11 is 0. The van der Waals surface area contributed by atoms with Gasteiger partial charge in [-0.2, -0.15) is 0 Å². The Morgan fingerprint density at radius 3 is 2.75 bits per heavy atom. The summed E-state index contributed by atoms with van der Waals surface area (Å²) in [6.07, 6.45) is 0.918. The maximum atomic E-state index is 11.5. The fraction of sp³-hybridized carbons (Fsp3) is 0.533. The van der Waals surface area contributed by atoms with Crippen molar-refractivity contribution in [3.8, 4) is 0 Å². The van der Waals surface area contributed by atoms with Crippen molar-refractivity contribution < 1.29 is 14.3 Å². The molecule has 0 saturated heterocycles. The molecule has 0 radical (unpaired) electrons. The third-order valence-electron chi connectivity index (χ3n) is 2.57. The molecule has 1 aromatic carbocycles. The lowest BCUT2D eigenvalue weighted by atomic mass is 10.2. The Morgan fingerprint density at radius 2 is 2.00 bits per heavy atom. The molecule has 0 spiro atoms. The molecule has 20 heavy (non-hydrogen) atoms. The van der Waals surface area contributed by atoms with Crippen LogP contribution >= 0.6 is 0 Å². The molecule has 112 valence electrons. The number of hydrogen-bond donors (Lipinski definition) is 2. The zero-order valence-electron chi connectivity index (χ0n) is 12.3. The molecule has 0 saturated carbocycles. The summed E-state index contributed by atoms with van der Waals surface area (Å²) in [5.41, 5.74) is 1.79. The average Bonchev–Trinajstić information content (AvgIpc) is 2.45. The van der Waals surface area contributed by atoms with Gasteiger partial charge in [0.1, 0.15) is 0 Å². The first-order valence-corrected chi connectivity index (χ1v) is 7.05. The number of nitrogens with one attached hydrogen (secondary N) is 2. The van der Waals surface area contributed by atoms with E-state index in [1.165, 1.54) is 0 Å². The highest BCUT2D eigenvalue weighted by Gasteiger charge is 2.01. The second kappa shape index (κ2) is 10.2. The van der Waals surface area contributed by atoms with Gasteiger partial charge in [0, 0.05) is 18.8 Å². The fourth-order valence-corrected chi connectivity index (χ4v) is 1.60. The van der Waals surface area contributed by atoms with Crippen molar-refractivity contribution in [2.45, 2.75) is 26.9 Å². The summed E-state index contributed by atoms with van der Waals surface area (Å²) in [6.45, 7) is 7.04. The van der Waals surface area contributed by atoms with Gasteiger partial charge in [-0.3, -0.25) is 0 Å². The normalized spacial score (nSPS) is 10.3. The second-order valence-electron chi connectivity index (χ2n) is 4.33. The van der Waals surface area contributed by atoms with Crippen molar-refractivity contribution in [2.24, 2.45) is 0 Å². The van der Waals surface area contributed by atoms with Crippen LogP contribution < -0.4 is 10.6 Å². The molecule has 0 atom stereocenters. The molecule has 0 aliphatic heterocycles. The van der Waals surface area contributed by atoms with E-state index in [0.29, 0.717) is 33.0 Å². The third-order valence-corrected chi connectivity index (χ3v) is 2.57. The average molecular weight is 280 g/mol. The molecule has 2 N–H and O–H groups in total. The van der Waals surface area contributed by atoms with Crippen LogP contribution in [0.15, 0.2) is 24.3 Å². The molecular weight excluding hydrogens is 256 g/mol. The maximum Gasteiger partial charge on any atom is 0.319 e. The van der Waals surface area contributed by atoms with Crippen LogP contribution in [0.25, 0.3) is 0 Å². The van der Waals surface area contributed by atoms with E-state index in [0.717, 1.165) is 17.7 Å². The van der Waals surface area contributed by atoms with E-state index in [9.17, 15) is 4.79 Å². The number of hydrogen-bond acceptors (Lipinski definition) is 3. The largest absolute Gasteiger partial charge is 0.379 e. The Morgan fingerprint density at radius 1 is 1.20 bits per heavy atom. The van der Waals surface area contributed by atoms with E-state index in [-0.39, 0.29) is 6.03 Å². The van der Waals surface area contributed by atoms with E-state index in [4.69, 9.17) is 9.47 Å². The van der Waals surface area contributed by atoms with Gasteiger partial charge in [-0.25, -0.2) is 4.79 Å². The van der Waals surface area contributed by atoms with Crippen molar-refractivity contribution in [2.75, 3.05) is 31.7 Å². The van der Waals surface area contributed by atoms with Gasteiger partial charge in [0.05, 0.1) is 19.8 Å². The molecule has 0 aliphatic rings. The predicted octanol–water partition coefficient (Wildman–Crippen LogP) is 2.77. The third kappa shape index (κ3) is 7.11. The van der Waals surface area contributed by atoms with Crippen LogP contribution in [0.4, 0.5) is 10.5 Å². The van der Waals surface area contributed by atoms with Gasteiger partial charge >= 0.3 is 6.03 Å². The number of anilines is 1. The number of ether oxygens (including phenoxy) is 2. The minimum Gasteiger partial charge on any atom is -0.379 e. The van der Waals surface area contributed by atoms with E-state index >= 15 is 0 Å². The number of carbonyl (C=O) groups is 1. The molecule has 0 aliphatic carbocycles. The van der Waals surface area contributed by atoms with Gasteiger partial charge < -0.3 is 20.1 Å². The summed E-state index contributed by atoms with van der Waals surface area (Å²) in [7, 11) is 0. The zero-order chi connectivity index (χ0) is 14.6. The van der Waals surface area contributed by atoms with E-state index < -0.39 is 0 Å². The van der Waals surface area contributed by atoms with Crippen LogP contribution in [-0.2, 0) is 16.1 Å². The fourth-order valence-electron chi connectivity index (χ4n) is 1.60. The summed E-state index contributed by atoms with van der Waals surface area (Å²) in [5, 5.41) is 5.57. The highest BCUT2D eigenvalue weighted by molar-refractivity contribution is 5.89. The summed E-state index contributed by atoms with van der Waals surface area (Å²) < 4.78 is 10.7. The smallest absolute Gasteiger partial charge is 0.319 e. The quantitative estimate of drug-likeness (QED) is 0.684. The molecule has 1 rings (SSSR count). The predicted molar refractivity (Wildman–Crippen MR) is 79.9 cm³/mol. The van der Waals surface area contributed by atoms with Crippen LogP contribution in [0, 0.1) is 0 Å². The van der Waals surface area contributed by atoms with Gasteiger partial charge in [0.25, 0.3) is 0 Å². The highest BCUT2D eigenvalue weighted by Crippen LogP contribution is 2.11. The zero-order valence-corrected chi connectivity index (χ0v) is 12.3. The molecular formula is C15H24N2O3. The molecule has 5 heteroatoms. The van der Waals surface area contributed by atoms with Gasteiger partial charge in [0.2, 0.25) is 0 Å². The van der Waals surface area contributed by atoms with Gasteiger partial charge in [0.15, 0.2) is 0 Å². The Bertz CT molecular complexity index is 396. The summed E-state index contributed by atoms with van der Waals surface area (Å²) in [4.78, 5) is 11.5. The number of amides is 2. The highest BCUT2D eigenvalue weighted by atomic mass is 16.5. The van der Waals surface area contributed by atoms with Gasteiger partial charge in [-0.15, -0.1) is 0 Å². The minimum atomic E-state index is -0.179. The van der Waals surface area contributed by atoms with Crippen molar-refractivity contribution in [3.63, 3.8) is 0 Å². The number of rotatable bonds is 9. The number of carbonyl (C=O) groups excluding carboxylic acids is 1. The Labute approximate surface area is 120 Å². The lowest BCUT2D eigenvalue weighted by molar-refractivity contribution is 0.0453. The lowest BCUT2D eigenvalue weighted by Gasteiger charge is -2.09. The van der Waals surface area contributed by atoms with Crippen LogP contribution in [-0.4, -0.2) is 32.4 Å². The molecule has 0 bridgehead atoms. The Kier molecular flexibility index (Phi) is 8.42. The van der Waals surface area contributed by atoms with Crippen LogP contribution in [0.1, 0.15) is 25.8 Å². The molecule has 5 nitrogen and oxygen atoms in total. The van der Waals surface area contributed by atoms with Crippen molar-refractivity contribution in [1.82, 2.24) is 5.32 Å². The van der Waals surface area contributed by atoms with E-state index in [2.05, 4.69) is 10.6 Å². The standard InChI is InChI=1S/C15H24N2O3/c1-3-8-16-15(18)17-14-7-5-6-13(11-14)12-20-10-9-19-4-2/h5-7,11H,3-4,8-10,12H2,1-2H3,(H2,16,17,18). The van der Waals surface area contributed by atoms with Crippen molar-refractivity contribution in [3.05, 3.63) is 29.8 Å². The number of urea groups is 1. The topological polar surface area (TPSA) is 59.6 Å². The molecule has 0 heterocycles. The van der Waals surface area contributed by atoms with Gasteiger partial charge in [-0.05, 0) is 31.0 Å². The van der Waals surface area contributed by atoms with Crippen LogP contribution in [0.3, 0.4) is 0 Å². The first kappa shape index (κ1) is 16.5. The second-order valence-corrected chi connectivity index (χ2v) is 4.33. The Hall–Kier alpha value is -1.59. The van der Waals surface area contributed by atoms with E-state index in [1.54, 1.807) is 0 Å². The summed E-state index contributed by atoms with van der Waals surface area (Å²) in [5.74, 6) is 0. The maximum absolute atomic E-state index is 11.5. The molecule has 0 unspecified atom stereocenters. The minimum absolute atomic E-state index is 0.179. The van der Waals surface area contributed by atoms with Crippen LogP contribution in [0.5, 0.6) is 0 Å². The van der Waals surface area contributed by atoms with E-state index in [1.807, 2.05) is 38.1 Å². The molecule has 0 aromatic heterocycles. The SMILES string of the molecule is CCCNC(=O)Nc1cccc(COCCOCC)c1. The Balaban J connectivity index is 2.35. The van der Waals surface area contributed by atoms with Crippen molar-refractivity contribution >= 4 is 11.7 Å². The number of benzene rings is 1. The summed E-state index contributed by atoms with van der Waals surface area (Å²) in [6, 6.07) is 7.45. The van der Waals surface area contributed by atoms with Crippen LogP contribution in [0.2, 0.25) is 0 Å². The lowest BCUT2D eigenvalue weighted by Crippen LogP contribution is -2.29. The molecule has 2 amide bonds. The van der Waals surface area contributed by atoms with Crippen molar-refractivity contribution in [1.29, 1.82) is 0 Å². The molecule has 1 aromatic rings. The molecule has 0 fully saturated rings. The first-order valence-electron chi connectivity index (χ1n) is 7.05. The first-order chi connectivity index (χ1) is 9.76.